The van der Waals surface area contributed by atoms with Gasteiger partial charge in [-0.1, -0.05) is 25.1 Å². The second-order valence-corrected chi connectivity index (χ2v) is 4.64. The van der Waals surface area contributed by atoms with Crippen LogP contribution in [0.5, 0.6) is 0 Å². The molecule has 0 radical (unpaired) electrons. The Balaban J connectivity index is 2.09. The van der Waals surface area contributed by atoms with Gasteiger partial charge >= 0.3 is 0 Å². The molecule has 0 unspecified atom stereocenters. The average molecular weight is 258 g/mol. The lowest BCUT2D eigenvalue weighted by molar-refractivity contribution is 0.610. The van der Waals surface area contributed by atoms with Gasteiger partial charge in [-0.25, -0.2) is 4.39 Å². The molecule has 0 bridgehead atoms. The molecule has 2 aromatic rings. The monoisotopic (exact) mass is 258 g/mol. The summed E-state index contributed by atoms with van der Waals surface area (Å²) in [6, 6.07) is 9.17. The Morgan fingerprint density at radius 3 is 2.84 bits per heavy atom. The molecule has 0 saturated carbocycles. The van der Waals surface area contributed by atoms with Crippen LogP contribution in [0.15, 0.2) is 42.7 Å². The Morgan fingerprint density at radius 2 is 2.11 bits per heavy atom. The average Bonchev–Trinajstić information content (AvgIpc) is 2.44. The van der Waals surface area contributed by atoms with Crippen LogP contribution in [0.1, 0.15) is 30.0 Å². The molecule has 100 valence electrons. The van der Waals surface area contributed by atoms with E-state index in [0.29, 0.717) is 6.42 Å². The quantitative estimate of drug-likeness (QED) is 0.804. The first-order chi connectivity index (χ1) is 9.29. The number of hydrogen-bond acceptors (Lipinski definition) is 2. The molecule has 2 rings (SSSR count). The van der Waals surface area contributed by atoms with Gasteiger partial charge in [0, 0.05) is 25.4 Å². The lowest BCUT2D eigenvalue weighted by Gasteiger charge is -2.08. The molecule has 3 heteroatoms. The Hall–Kier alpha value is -1.74. The van der Waals surface area contributed by atoms with Crippen molar-refractivity contribution in [2.45, 2.75) is 26.3 Å². The van der Waals surface area contributed by atoms with Gasteiger partial charge in [-0.05, 0) is 41.8 Å². The normalized spacial score (nSPS) is 10.6. The molecular weight excluding hydrogens is 239 g/mol. The van der Waals surface area contributed by atoms with Crippen molar-refractivity contribution in [3.05, 3.63) is 65.2 Å². The van der Waals surface area contributed by atoms with Crippen LogP contribution < -0.4 is 5.32 Å². The van der Waals surface area contributed by atoms with Gasteiger partial charge in [-0.2, -0.15) is 0 Å². The van der Waals surface area contributed by atoms with E-state index >= 15 is 0 Å². The van der Waals surface area contributed by atoms with E-state index < -0.39 is 0 Å². The van der Waals surface area contributed by atoms with Gasteiger partial charge in [0.25, 0.3) is 0 Å². The predicted octanol–water partition coefficient (Wildman–Crippen LogP) is 3.31. The van der Waals surface area contributed by atoms with Crippen LogP contribution in [0.2, 0.25) is 0 Å². The molecule has 1 N–H and O–H groups in total. The Bertz CT molecular complexity index is 511. The van der Waals surface area contributed by atoms with Gasteiger partial charge in [0.05, 0.1) is 0 Å². The molecule has 0 amide bonds. The highest BCUT2D eigenvalue weighted by atomic mass is 19.1. The van der Waals surface area contributed by atoms with Gasteiger partial charge in [-0.15, -0.1) is 0 Å². The zero-order chi connectivity index (χ0) is 13.5. The fourth-order valence-electron chi connectivity index (χ4n) is 2.01. The minimum atomic E-state index is -0.150. The van der Waals surface area contributed by atoms with E-state index in [1.807, 2.05) is 24.3 Å². The van der Waals surface area contributed by atoms with Crippen molar-refractivity contribution in [3.63, 3.8) is 0 Å². The first-order valence-corrected chi connectivity index (χ1v) is 6.66. The maximum absolute atomic E-state index is 13.8. The molecule has 0 spiro atoms. The van der Waals surface area contributed by atoms with Crippen molar-refractivity contribution in [2.24, 2.45) is 0 Å². The minimum absolute atomic E-state index is 0.150. The van der Waals surface area contributed by atoms with Gasteiger partial charge in [0.2, 0.25) is 0 Å². The number of aromatic nitrogens is 1. The fourth-order valence-corrected chi connectivity index (χ4v) is 2.01. The zero-order valence-electron chi connectivity index (χ0n) is 11.2. The molecule has 2 nitrogen and oxygen atoms in total. The van der Waals surface area contributed by atoms with Crippen molar-refractivity contribution in [1.29, 1.82) is 0 Å². The summed E-state index contributed by atoms with van der Waals surface area (Å²) >= 11 is 0. The summed E-state index contributed by atoms with van der Waals surface area (Å²) in [5.74, 6) is -0.150. The SMILES string of the molecule is CCCNCc1ccc(F)c(Cc2cccnc2)c1. The summed E-state index contributed by atoms with van der Waals surface area (Å²) in [5, 5.41) is 3.33. The minimum Gasteiger partial charge on any atom is -0.313 e. The first-order valence-electron chi connectivity index (χ1n) is 6.66. The molecule has 0 atom stereocenters. The molecule has 0 aliphatic rings. The molecule has 1 heterocycles. The molecule has 0 aliphatic heterocycles. The molecule has 0 saturated heterocycles. The summed E-state index contributed by atoms with van der Waals surface area (Å²) in [5.41, 5.74) is 2.87. The molecule has 0 fully saturated rings. The van der Waals surface area contributed by atoms with Crippen LogP contribution >= 0.6 is 0 Å². The van der Waals surface area contributed by atoms with Crippen molar-refractivity contribution in [1.82, 2.24) is 10.3 Å². The molecular formula is C16H19FN2. The summed E-state index contributed by atoms with van der Waals surface area (Å²) in [6.07, 6.45) is 5.19. The number of halogens is 1. The van der Waals surface area contributed by atoms with Crippen LogP contribution in [-0.4, -0.2) is 11.5 Å². The van der Waals surface area contributed by atoms with Crippen LogP contribution in [0.4, 0.5) is 4.39 Å². The number of rotatable bonds is 6. The maximum Gasteiger partial charge on any atom is 0.126 e. The highest BCUT2D eigenvalue weighted by Gasteiger charge is 2.05. The largest absolute Gasteiger partial charge is 0.313 e. The lowest BCUT2D eigenvalue weighted by Crippen LogP contribution is -2.14. The maximum atomic E-state index is 13.8. The Kier molecular flexibility index (Phi) is 5.04. The summed E-state index contributed by atoms with van der Waals surface area (Å²) in [4.78, 5) is 4.06. The van der Waals surface area contributed by atoms with Crippen LogP contribution in [0.3, 0.4) is 0 Å². The van der Waals surface area contributed by atoms with E-state index in [1.165, 1.54) is 0 Å². The number of benzene rings is 1. The van der Waals surface area contributed by atoms with E-state index in [4.69, 9.17) is 0 Å². The third-order valence-corrected chi connectivity index (χ3v) is 2.98. The summed E-state index contributed by atoms with van der Waals surface area (Å²) < 4.78 is 13.8. The van der Waals surface area contributed by atoms with Crippen molar-refractivity contribution >= 4 is 0 Å². The van der Waals surface area contributed by atoms with E-state index in [0.717, 1.165) is 36.2 Å². The van der Waals surface area contributed by atoms with Crippen molar-refractivity contribution in [2.75, 3.05) is 6.54 Å². The third-order valence-electron chi connectivity index (χ3n) is 2.98. The van der Waals surface area contributed by atoms with E-state index in [-0.39, 0.29) is 5.82 Å². The van der Waals surface area contributed by atoms with Crippen molar-refractivity contribution in [3.8, 4) is 0 Å². The van der Waals surface area contributed by atoms with Gasteiger partial charge in [0.1, 0.15) is 5.82 Å². The van der Waals surface area contributed by atoms with E-state index in [9.17, 15) is 4.39 Å². The van der Waals surface area contributed by atoms with E-state index in [1.54, 1.807) is 18.5 Å². The van der Waals surface area contributed by atoms with Gasteiger partial charge in [0.15, 0.2) is 0 Å². The molecule has 0 aliphatic carbocycles. The molecule has 19 heavy (non-hydrogen) atoms. The molecule has 1 aromatic carbocycles. The Morgan fingerprint density at radius 1 is 1.21 bits per heavy atom. The number of pyridine rings is 1. The van der Waals surface area contributed by atoms with Gasteiger partial charge in [-0.3, -0.25) is 4.98 Å². The van der Waals surface area contributed by atoms with Gasteiger partial charge < -0.3 is 5.32 Å². The number of hydrogen-bond donors (Lipinski definition) is 1. The standard InChI is InChI=1S/C16H19FN2/c1-2-7-18-12-14-5-6-16(17)15(10-14)9-13-4-3-8-19-11-13/h3-6,8,10-11,18H,2,7,9,12H2,1H3. The second kappa shape index (κ2) is 7.00. The topological polar surface area (TPSA) is 24.9 Å². The number of nitrogens with one attached hydrogen (secondary N) is 1. The van der Waals surface area contributed by atoms with Crippen molar-refractivity contribution < 1.29 is 4.39 Å². The van der Waals surface area contributed by atoms with Crippen LogP contribution in [-0.2, 0) is 13.0 Å². The third kappa shape index (κ3) is 4.14. The Labute approximate surface area is 113 Å². The molecule has 1 aromatic heterocycles. The predicted molar refractivity (Wildman–Crippen MR) is 75.4 cm³/mol. The first kappa shape index (κ1) is 13.7. The number of nitrogens with zero attached hydrogens (tertiary/aromatic N) is 1. The van der Waals surface area contributed by atoms with Crippen LogP contribution in [0.25, 0.3) is 0 Å². The highest BCUT2D eigenvalue weighted by molar-refractivity contribution is 5.29. The summed E-state index contributed by atoms with van der Waals surface area (Å²) in [7, 11) is 0. The summed E-state index contributed by atoms with van der Waals surface area (Å²) in [6.45, 7) is 3.90. The zero-order valence-corrected chi connectivity index (χ0v) is 11.2. The fraction of sp³-hybridized carbons (Fsp3) is 0.312. The second-order valence-electron chi connectivity index (χ2n) is 4.64. The van der Waals surface area contributed by atoms with Crippen LogP contribution in [0, 0.1) is 5.82 Å². The lowest BCUT2D eigenvalue weighted by atomic mass is 10.0. The van der Waals surface area contributed by atoms with E-state index in [2.05, 4.69) is 17.2 Å². The highest BCUT2D eigenvalue weighted by Crippen LogP contribution is 2.15. The smallest absolute Gasteiger partial charge is 0.126 e.